The second kappa shape index (κ2) is 10.1. The Hall–Kier alpha value is 0.435. The van der Waals surface area contributed by atoms with Gasteiger partial charge in [-0.3, -0.25) is 4.98 Å². The molecule has 1 saturated heterocycles. The number of nitrogens with zero attached hydrogens (tertiary/aromatic N) is 1. The van der Waals surface area contributed by atoms with Crippen LogP contribution in [-0.4, -0.2) is 43.9 Å². The predicted molar refractivity (Wildman–Crippen MR) is 175 cm³/mol. The summed E-state index contributed by atoms with van der Waals surface area (Å²) in [6, 6.07) is 0.642. The Morgan fingerprint density at radius 2 is 0.919 bits per heavy atom. The van der Waals surface area contributed by atoms with Gasteiger partial charge < -0.3 is 9.31 Å². The van der Waals surface area contributed by atoms with E-state index in [9.17, 15) is 0 Å². The first-order chi connectivity index (χ1) is 16.1. The zero-order chi connectivity index (χ0) is 29.3. The van der Waals surface area contributed by atoms with Crippen molar-refractivity contribution in [1.29, 1.82) is 0 Å². The van der Waals surface area contributed by atoms with Crippen molar-refractivity contribution in [1.82, 2.24) is 4.98 Å². The van der Waals surface area contributed by atoms with Gasteiger partial charge in [0, 0.05) is 23.7 Å². The smallest absolute Gasteiger partial charge is 0.399 e. The molecule has 1 aromatic heterocycles. The highest BCUT2D eigenvalue weighted by Gasteiger charge is 2.52. The molecule has 0 amide bonds. The topological polar surface area (TPSA) is 31.4 Å². The van der Waals surface area contributed by atoms with Crippen LogP contribution in [0.1, 0.15) is 122 Å². The van der Waals surface area contributed by atoms with Crippen LogP contribution >= 0.6 is 12.1 Å². The van der Waals surface area contributed by atoms with Gasteiger partial charge in [0.25, 0.3) is 0 Å². The van der Waals surface area contributed by atoms with Gasteiger partial charge in [-0.2, -0.15) is 0 Å². The molecule has 0 aromatic carbocycles. The molecule has 0 aliphatic carbocycles. The molecule has 8 heteroatoms. The minimum Gasteiger partial charge on any atom is -0.399 e. The molecule has 0 N–H and O–H groups in total. The molecule has 1 aliphatic rings. The Balaban J connectivity index is 2.75. The first-order valence-electron chi connectivity index (χ1n) is 13.6. The average Bonchev–Trinajstić information content (AvgIpc) is 2.85. The minimum absolute atomic E-state index is 0.0222. The maximum Gasteiger partial charge on any atom is 0.494 e. The lowest BCUT2D eigenvalue weighted by Gasteiger charge is -2.46. The molecule has 2 heterocycles. The molecule has 0 radical (unpaired) electrons. The van der Waals surface area contributed by atoms with Gasteiger partial charge in [-0.1, -0.05) is 107 Å². The largest absolute Gasteiger partial charge is 0.494 e. The lowest BCUT2D eigenvalue weighted by Crippen LogP contribution is -2.41. The Labute approximate surface area is 240 Å². The molecule has 212 valence electrons. The third-order valence-corrected chi connectivity index (χ3v) is 26.1. The van der Waals surface area contributed by atoms with E-state index in [-0.39, 0.29) is 20.6 Å². The highest BCUT2D eigenvalue weighted by atomic mass is 32.4. The third-order valence-electron chi connectivity index (χ3n) is 8.58. The van der Waals surface area contributed by atoms with E-state index in [0.717, 1.165) is 29.2 Å². The van der Waals surface area contributed by atoms with Crippen molar-refractivity contribution in [2.24, 2.45) is 0 Å². The lowest BCUT2D eigenvalue weighted by molar-refractivity contribution is 0.00578. The van der Waals surface area contributed by atoms with Crippen LogP contribution in [0.15, 0.2) is 12.1 Å². The lowest BCUT2D eigenvalue weighted by atomic mass is 9.79. The van der Waals surface area contributed by atoms with Crippen molar-refractivity contribution in [3.05, 3.63) is 23.5 Å². The van der Waals surface area contributed by atoms with E-state index < -0.39 is 30.4 Å². The van der Waals surface area contributed by atoms with E-state index in [1.54, 1.807) is 0 Å². The molecule has 0 saturated carbocycles. The second-order valence-corrected chi connectivity index (χ2v) is 28.6. The third kappa shape index (κ3) is 6.51. The van der Waals surface area contributed by atoms with Crippen molar-refractivity contribution < 1.29 is 9.31 Å². The molecule has 1 aliphatic heterocycles. The maximum absolute atomic E-state index is 6.58. The highest BCUT2D eigenvalue weighted by Crippen LogP contribution is 2.70. The Bertz CT molecular complexity index is 985. The van der Waals surface area contributed by atoms with Gasteiger partial charge in [0.2, 0.25) is 0 Å². The van der Waals surface area contributed by atoms with Crippen LogP contribution in [0.3, 0.4) is 0 Å². The van der Waals surface area contributed by atoms with Crippen LogP contribution in [0, 0.1) is 0 Å². The Morgan fingerprint density at radius 1 is 0.649 bits per heavy atom. The standard InChI is InChI=1S/C29H54BNO2P2S2/c1-24(2,3)34(36,25(4,5)6)19-22-17-21(30-32-28(13,14)29(15,16)33-30)18-23(31-22)20-35(37,26(7,8)9)27(10,11)12/h17-18H,19-20H2,1-16H3. The van der Waals surface area contributed by atoms with Gasteiger partial charge in [0.05, 0.1) is 11.2 Å². The van der Waals surface area contributed by atoms with Crippen LogP contribution in [-0.2, 0) is 45.2 Å². The van der Waals surface area contributed by atoms with Crippen molar-refractivity contribution in [2.75, 3.05) is 0 Å². The fourth-order valence-electron chi connectivity index (χ4n) is 5.37. The van der Waals surface area contributed by atoms with E-state index in [1.165, 1.54) is 0 Å². The monoisotopic (exact) mass is 585 g/mol. The maximum atomic E-state index is 6.58. The zero-order valence-corrected chi connectivity index (χ0v) is 30.0. The van der Waals surface area contributed by atoms with Crippen LogP contribution < -0.4 is 5.46 Å². The molecule has 2 rings (SSSR count). The summed E-state index contributed by atoms with van der Waals surface area (Å²) in [5.41, 5.74) is 2.34. The van der Waals surface area contributed by atoms with Gasteiger partial charge >= 0.3 is 7.12 Å². The van der Waals surface area contributed by atoms with E-state index in [4.69, 9.17) is 37.9 Å². The Kier molecular flexibility index (Phi) is 9.15. The summed E-state index contributed by atoms with van der Waals surface area (Å²) in [7, 11) is -0.435. The molecule has 37 heavy (non-hydrogen) atoms. The summed E-state index contributed by atoms with van der Waals surface area (Å²) < 4.78 is 13.0. The Morgan fingerprint density at radius 3 is 1.16 bits per heavy atom. The van der Waals surface area contributed by atoms with E-state index >= 15 is 0 Å². The summed E-state index contributed by atoms with van der Waals surface area (Å²) in [6.45, 7) is 36.1. The van der Waals surface area contributed by atoms with E-state index in [2.05, 4.69) is 123 Å². The fourth-order valence-corrected chi connectivity index (χ4v) is 13.3. The molecule has 3 nitrogen and oxygen atoms in total. The predicted octanol–water partition coefficient (Wildman–Crippen LogP) is 8.53. The fraction of sp³-hybridized carbons (Fsp3) is 0.828. The highest BCUT2D eigenvalue weighted by molar-refractivity contribution is 8.16. The van der Waals surface area contributed by atoms with Gasteiger partial charge in [0.15, 0.2) is 0 Å². The van der Waals surface area contributed by atoms with Crippen LogP contribution in [0.4, 0.5) is 0 Å². The van der Waals surface area contributed by atoms with Crippen molar-refractivity contribution >= 4 is 48.3 Å². The average molecular weight is 586 g/mol. The van der Waals surface area contributed by atoms with Gasteiger partial charge in [-0.25, -0.2) is 0 Å². The first kappa shape index (κ1) is 33.6. The molecule has 1 aromatic rings. The summed E-state index contributed by atoms with van der Waals surface area (Å²) in [6.07, 6.45) is 1.62. The molecular formula is C29H54BNO2P2S2. The molecule has 0 spiro atoms. The number of pyridine rings is 1. The van der Waals surface area contributed by atoms with E-state index in [1.807, 2.05) is 0 Å². The van der Waals surface area contributed by atoms with E-state index in [0.29, 0.717) is 0 Å². The number of hydrogen-bond donors (Lipinski definition) is 0. The van der Waals surface area contributed by atoms with Crippen LogP contribution in [0.2, 0.25) is 0 Å². The number of rotatable bonds is 5. The van der Waals surface area contributed by atoms with Gasteiger partial charge in [0.1, 0.15) is 0 Å². The quantitative estimate of drug-likeness (QED) is 0.255. The van der Waals surface area contributed by atoms with Crippen molar-refractivity contribution in [3.8, 4) is 0 Å². The molecule has 0 atom stereocenters. The molecular weight excluding hydrogens is 531 g/mol. The summed E-state index contributed by atoms with van der Waals surface area (Å²) in [5.74, 6) is 0. The summed E-state index contributed by atoms with van der Waals surface area (Å²) in [4.78, 5) is 5.31. The zero-order valence-electron chi connectivity index (χ0n) is 26.6. The first-order valence-corrected chi connectivity index (χ1v) is 19.6. The summed E-state index contributed by atoms with van der Waals surface area (Å²) >= 11 is 13.2. The SMILES string of the molecule is CC1(C)OB(c2cc(CP(=S)(C(C)(C)C)C(C)(C)C)nc(CP(=S)(C(C)(C)C)C(C)(C)C)c2)OC1(C)C. The van der Waals surface area contributed by atoms with Crippen LogP contribution in [0.25, 0.3) is 0 Å². The molecule has 0 bridgehead atoms. The number of hydrogen-bond acceptors (Lipinski definition) is 5. The molecule has 0 unspecified atom stereocenters. The summed E-state index contributed by atoms with van der Waals surface area (Å²) in [5, 5.41) is 0.0888. The minimum atomic E-state index is -1.88. The second-order valence-electron chi connectivity index (χ2n) is 16.0. The van der Waals surface area contributed by atoms with Crippen molar-refractivity contribution in [3.63, 3.8) is 0 Å². The molecule has 1 fully saturated rings. The van der Waals surface area contributed by atoms with Crippen molar-refractivity contribution in [2.45, 2.75) is 155 Å². The normalized spacial score (nSPS) is 19.4. The van der Waals surface area contributed by atoms with Gasteiger partial charge in [-0.05, 0) is 78.0 Å². The van der Waals surface area contributed by atoms with Gasteiger partial charge in [-0.15, -0.1) is 0 Å². The number of aromatic nitrogens is 1. The van der Waals surface area contributed by atoms with Crippen LogP contribution in [0.5, 0.6) is 0 Å².